The fourth-order valence-corrected chi connectivity index (χ4v) is 0.942. The summed E-state index contributed by atoms with van der Waals surface area (Å²) in [6, 6.07) is 0. The molecule has 0 aromatic rings. The summed E-state index contributed by atoms with van der Waals surface area (Å²) in [5, 5.41) is 17.7. The van der Waals surface area contributed by atoms with E-state index in [-0.39, 0.29) is 6.61 Å². The molecule has 0 amide bonds. The Labute approximate surface area is 65.6 Å². The number of allylic oxidation sites excluding steroid dienone is 2. The minimum Gasteiger partial charge on any atom is -0.469 e. The summed E-state index contributed by atoms with van der Waals surface area (Å²) in [6.07, 6.45) is 5.53. The Bertz CT molecular complexity index is 172. The van der Waals surface area contributed by atoms with Gasteiger partial charge < -0.3 is 14.9 Å². The molecule has 1 unspecified atom stereocenters. The van der Waals surface area contributed by atoms with Gasteiger partial charge in [0, 0.05) is 6.61 Å². The van der Waals surface area contributed by atoms with Crippen molar-refractivity contribution in [3.63, 3.8) is 0 Å². The molecule has 3 heteroatoms. The van der Waals surface area contributed by atoms with Crippen LogP contribution in [0.25, 0.3) is 0 Å². The van der Waals surface area contributed by atoms with Crippen LogP contribution >= 0.6 is 0 Å². The highest BCUT2D eigenvalue weighted by molar-refractivity contribution is 5.16. The number of hydrogen-bond donors (Lipinski definition) is 2. The van der Waals surface area contributed by atoms with E-state index in [1.165, 1.54) is 6.26 Å². The maximum absolute atomic E-state index is 9.17. The molecule has 0 aromatic heterocycles. The predicted octanol–water partition coefficient (Wildman–Crippen LogP) is 0.548. The zero-order valence-electron chi connectivity index (χ0n) is 6.23. The van der Waals surface area contributed by atoms with Gasteiger partial charge >= 0.3 is 0 Å². The number of aliphatic hydroxyl groups is 2. The summed E-state index contributed by atoms with van der Waals surface area (Å²) in [5.41, 5.74) is 0.821. The van der Waals surface area contributed by atoms with Crippen molar-refractivity contribution in [1.29, 1.82) is 0 Å². The lowest BCUT2D eigenvalue weighted by Crippen LogP contribution is -2.14. The maximum Gasteiger partial charge on any atom is 0.219 e. The second-order valence-corrected chi connectivity index (χ2v) is 2.39. The molecule has 3 nitrogen and oxygen atoms in total. The van der Waals surface area contributed by atoms with Crippen molar-refractivity contribution in [2.45, 2.75) is 19.1 Å². The van der Waals surface area contributed by atoms with E-state index < -0.39 is 6.29 Å². The Morgan fingerprint density at radius 3 is 3.00 bits per heavy atom. The molecule has 1 aliphatic rings. The largest absolute Gasteiger partial charge is 0.469 e. The molecule has 0 bridgehead atoms. The zero-order chi connectivity index (χ0) is 8.10. The number of aliphatic hydroxyl groups excluding tert-OH is 2. The molecule has 62 valence electrons. The Hall–Kier alpha value is -0.800. The minimum atomic E-state index is -0.813. The molecule has 0 saturated heterocycles. The Morgan fingerprint density at radius 2 is 2.36 bits per heavy atom. The molecule has 1 atom stereocenters. The van der Waals surface area contributed by atoms with Gasteiger partial charge in [0.25, 0.3) is 0 Å². The van der Waals surface area contributed by atoms with Gasteiger partial charge in [0.1, 0.15) is 0 Å². The molecule has 1 rings (SSSR count). The van der Waals surface area contributed by atoms with Gasteiger partial charge in [0.05, 0.1) is 6.26 Å². The number of rotatable bonds is 3. The van der Waals surface area contributed by atoms with Crippen LogP contribution in [0.1, 0.15) is 12.8 Å². The predicted molar refractivity (Wildman–Crippen MR) is 40.6 cm³/mol. The van der Waals surface area contributed by atoms with Crippen molar-refractivity contribution in [3.8, 4) is 0 Å². The first-order valence-corrected chi connectivity index (χ1v) is 3.64. The van der Waals surface area contributed by atoms with E-state index in [1.807, 2.05) is 6.08 Å². The first-order chi connectivity index (χ1) is 5.34. The van der Waals surface area contributed by atoms with Crippen LogP contribution < -0.4 is 0 Å². The van der Waals surface area contributed by atoms with E-state index in [2.05, 4.69) is 0 Å². The molecular weight excluding hydrogens is 144 g/mol. The third-order valence-electron chi connectivity index (χ3n) is 1.54. The molecule has 0 saturated carbocycles. The van der Waals surface area contributed by atoms with Gasteiger partial charge in [-0.15, -0.1) is 0 Å². The second kappa shape index (κ2) is 4.16. The fourth-order valence-electron chi connectivity index (χ4n) is 0.942. The Balaban J connectivity index is 2.40. The monoisotopic (exact) mass is 156 g/mol. The molecule has 0 spiro atoms. The van der Waals surface area contributed by atoms with Crippen LogP contribution in [0.15, 0.2) is 24.0 Å². The molecule has 11 heavy (non-hydrogen) atoms. The van der Waals surface area contributed by atoms with Crippen LogP contribution in [-0.4, -0.2) is 23.1 Å². The lowest BCUT2D eigenvalue weighted by molar-refractivity contribution is -0.0258. The molecule has 0 aliphatic carbocycles. The molecule has 0 aromatic carbocycles. The second-order valence-electron chi connectivity index (χ2n) is 2.39. The van der Waals surface area contributed by atoms with E-state index in [1.54, 1.807) is 6.08 Å². The summed E-state index contributed by atoms with van der Waals surface area (Å²) >= 11 is 0. The molecule has 1 heterocycles. The number of hydrogen-bond acceptors (Lipinski definition) is 3. The molecule has 1 aliphatic heterocycles. The Kier molecular flexibility index (Phi) is 3.14. The highest BCUT2D eigenvalue weighted by Gasteiger charge is 2.11. The lowest BCUT2D eigenvalue weighted by atomic mass is 10.1. The lowest BCUT2D eigenvalue weighted by Gasteiger charge is -2.16. The van der Waals surface area contributed by atoms with Gasteiger partial charge in [-0.2, -0.15) is 0 Å². The molecule has 0 fully saturated rings. The first-order valence-electron chi connectivity index (χ1n) is 3.64. The van der Waals surface area contributed by atoms with Crippen LogP contribution in [0.5, 0.6) is 0 Å². The molecule has 2 N–H and O–H groups in total. The van der Waals surface area contributed by atoms with Gasteiger partial charge in [-0.3, -0.25) is 0 Å². The van der Waals surface area contributed by atoms with Gasteiger partial charge in [0.15, 0.2) is 0 Å². The van der Waals surface area contributed by atoms with Crippen molar-refractivity contribution in [1.82, 2.24) is 0 Å². The smallest absolute Gasteiger partial charge is 0.219 e. The minimum absolute atomic E-state index is 0.147. The van der Waals surface area contributed by atoms with Gasteiger partial charge in [-0.25, -0.2) is 0 Å². The van der Waals surface area contributed by atoms with Crippen LogP contribution in [0.2, 0.25) is 0 Å². The van der Waals surface area contributed by atoms with Crippen molar-refractivity contribution in [2.75, 3.05) is 6.61 Å². The standard InChI is InChI=1S/C8H12O3/c9-5-1-3-7-4-2-6-11-8(7)10/h2,4,6,8-10H,1,3,5H2. The van der Waals surface area contributed by atoms with E-state index in [9.17, 15) is 5.11 Å². The average Bonchev–Trinajstić information content (AvgIpc) is 2.03. The summed E-state index contributed by atoms with van der Waals surface area (Å²) in [4.78, 5) is 0. The summed E-state index contributed by atoms with van der Waals surface area (Å²) in [6.45, 7) is 0.147. The van der Waals surface area contributed by atoms with Gasteiger partial charge in [0.2, 0.25) is 6.29 Å². The summed E-state index contributed by atoms with van der Waals surface area (Å²) in [7, 11) is 0. The summed E-state index contributed by atoms with van der Waals surface area (Å²) in [5.74, 6) is 0. The van der Waals surface area contributed by atoms with Gasteiger partial charge in [-0.1, -0.05) is 6.08 Å². The third kappa shape index (κ3) is 2.37. The van der Waals surface area contributed by atoms with Crippen LogP contribution in [0, 0.1) is 0 Å². The molecule has 0 radical (unpaired) electrons. The Morgan fingerprint density at radius 1 is 1.55 bits per heavy atom. The highest BCUT2D eigenvalue weighted by atomic mass is 16.6. The van der Waals surface area contributed by atoms with E-state index >= 15 is 0 Å². The fraction of sp³-hybridized carbons (Fsp3) is 0.500. The SMILES string of the molecule is OCCCC1=CC=COC1O. The van der Waals surface area contributed by atoms with Gasteiger partial charge in [-0.05, 0) is 24.5 Å². The van der Waals surface area contributed by atoms with Crippen molar-refractivity contribution >= 4 is 0 Å². The van der Waals surface area contributed by atoms with Crippen molar-refractivity contribution in [3.05, 3.63) is 24.0 Å². The summed E-state index contributed by atoms with van der Waals surface area (Å²) < 4.78 is 4.81. The molecular formula is C8H12O3. The highest BCUT2D eigenvalue weighted by Crippen LogP contribution is 2.15. The normalized spacial score (nSPS) is 22.7. The van der Waals surface area contributed by atoms with E-state index in [0.717, 1.165) is 5.57 Å². The van der Waals surface area contributed by atoms with E-state index in [0.29, 0.717) is 12.8 Å². The zero-order valence-corrected chi connectivity index (χ0v) is 6.23. The van der Waals surface area contributed by atoms with Crippen LogP contribution in [-0.2, 0) is 4.74 Å². The number of ether oxygens (including phenoxy) is 1. The quantitative estimate of drug-likeness (QED) is 0.627. The van der Waals surface area contributed by atoms with E-state index in [4.69, 9.17) is 9.84 Å². The van der Waals surface area contributed by atoms with Crippen molar-refractivity contribution < 1.29 is 14.9 Å². The topological polar surface area (TPSA) is 49.7 Å². The van der Waals surface area contributed by atoms with Crippen LogP contribution in [0.4, 0.5) is 0 Å². The average molecular weight is 156 g/mol. The van der Waals surface area contributed by atoms with Crippen molar-refractivity contribution in [2.24, 2.45) is 0 Å². The first kappa shape index (κ1) is 8.30. The third-order valence-corrected chi connectivity index (χ3v) is 1.54. The van der Waals surface area contributed by atoms with Crippen LogP contribution in [0.3, 0.4) is 0 Å². The maximum atomic E-state index is 9.17.